The lowest BCUT2D eigenvalue weighted by Crippen LogP contribution is -2.25. The van der Waals surface area contributed by atoms with Crippen LogP contribution >= 0.6 is 0 Å². The first-order valence-electron chi connectivity index (χ1n) is 5.07. The van der Waals surface area contributed by atoms with Crippen LogP contribution in [0.2, 0.25) is 0 Å². The summed E-state index contributed by atoms with van der Waals surface area (Å²) in [6, 6.07) is 2.11. The van der Waals surface area contributed by atoms with Gasteiger partial charge in [-0.25, -0.2) is 0 Å². The van der Waals surface area contributed by atoms with Crippen molar-refractivity contribution in [1.29, 1.82) is 5.26 Å². The summed E-state index contributed by atoms with van der Waals surface area (Å²) in [6.45, 7) is 1.46. The summed E-state index contributed by atoms with van der Waals surface area (Å²) in [5.74, 6) is 0.557. The molecule has 2 atom stereocenters. The van der Waals surface area contributed by atoms with Gasteiger partial charge in [0.05, 0.1) is 12.2 Å². The third-order valence-corrected chi connectivity index (χ3v) is 2.66. The van der Waals surface area contributed by atoms with Crippen LogP contribution in [0, 0.1) is 17.2 Å². The molecule has 1 aliphatic carbocycles. The largest absolute Gasteiger partial charge is 0.378 e. The van der Waals surface area contributed by atoms with E-state index in [2.05, 4.69) is 6.07 Å². The van der Waals surface area contributed by atoms with Crippen LogP contribution in [0.15, 0.2) is 0 Å². The molecule has 1 fully saturated rings. The van der Waals surface area contributed by atoms with Crippen LogP contribution in [0.3, 0.4) is 0 Å². The molecule has 13 heavy (non-hydrogen) atoms. The Morgan fingerprint density at radius 2 is 2.31 bits per heavy atom. The van der Waals surface area contributed by atoms with Crippen LogP contribution in [0.4, 0.5) is 0 Å². The summed E-state index contributed by atoms with van der Waals surface area (Å²) in [4.78, 5) is 0. The predicted molar refractivity (Wildman–Crippen MR) is 51.0 cm³/mol. The number of ether oxygens (including phenoxy) is 1. The number of hydrogen-bond acceptors (Lipinski definition) is 3. The summed E-state index contributed by atoms with van der Waals surface area (Å²) in [7, 11) is 0. The van der Waals surface area contributed by atoms with E-state index in [1.165, 1.54) is 12.8 Å². The van der Waals surface area contributed by atoms with Gasteiger partial charge >= 0.3 is 0 Å². The number of unbranched alkanes of at least 4 members (excludes halogenated alkanes) is 1. The number of nitrogens with two attached hydrogens (primary N) is 1. The van der Waals surface area contributed by atoms with Gasteiger partial charge in [-0.1, -0.05) is 6.42 Å². The molecule has 0 bridgehead atoms. The maximum absolute atomic E-state index is 8.33. The van der Waals surface area contributed by atoms with Crippen molar-refractivity contribution in [1.82, 2.24) is 0 Å². The minimum Gasteiger partial charge on any atom is -0.378 e. The molecule has 2 unspecified atom stereocenters. The van der Waals surface area contributed by atoms with Gasteiger partial charge in [-0.2, -0.15) is 5.26 Å². The van der Waals surface area contributed by atoms with E-state index < -0.39 is 0 Å². The molecule has 0 saturated heterocycles. The molecule has 0 aliphatic heterocycles. The number of nitrogens with zero attached hydrogens (tertiary/aromatic N) is 1. The van der Waals surface area contributed by atoms with E-state index in [1.807, 2.05) is 0 Å². The van der Waals surface area contributed by atoms with Gasteiger partial charge in [-0.15, -0.1) is 0 Å². The van der Waals surface area contributed by atoms with Crippen molar-refractivity contribution < 1.29 is 4.74 Å². The zero-order valence-electron chi connectivity index (χ0n) is 8.04. The monoisotopic (exact) mass is 182 g/mol. The smallest absolute Gasteiger partial charge is 0.0622 e. The van der Waals surface area contributed by atoms with Crippen molar-refractivity contribution in [2.24, 2.45) is 11.7 Å². The van der Waals surface area contributed by atoms with Crippen molar-refractivity contribution in [2.75, 3.05) is 13.2 Å². The minimum absolute atomic E-state index is 0.365. The molecule has 2 N–H and O–H groups in total. The fourth-order valence-corrected chi connectivity index (χ4v) is 1.88. The summed E-state index contributed by atoms with van der Waals surface area (Å²) < 4.78 is 5.68. The Bertz CT molecular complexity index is 176. The van der Waals surface area contributed by atoms with Gasteiger partial charge in [0, 0.05) is 13.0 Å². The van der Waals surface area contributed by atoms with Crippen LogP contribution in [-0.4, -0.2) is 19.3 Å². The van der Waals surface area contributed by atoms with Crippen LogP contribution < -0.4 is 5.73 Å². The lowest BCUT2D eigenvalue weighted by molar-refractivity contribution is 0.0293. The molecule has 1 saturated carbocycles. The van der Waals surface area contributed by atoms with E-state index in [-0.39, 0.29) is 0 Å². The fraction of sp³-hybridized carbons (Fsp3) is 0.900. The molecule has 1 rings (SSSR count). The van der Waals surface area contributed by atoms with Gasteiger partial charge < -0.3 is 10.5 Å². The van der Waals surface area contributed by atoms with E-state index in [9.17, 15) is 0 Å². The molecule has 0 heterocycles. The number of nitriles is 1. The second-order valence-corrected chi connectivity index (χ2v) is 3.60. The molecule has 3 heteroatoms. The van der Waals surface area contributed by atoms with Crippen LogP contribution in [0.5, 0.6) is 0 Å². The van der Waals surface area contributed by atoms with Crippen molar-refractivity contribution in [3.05, 3.63) is 0 Å². The zero-order chi connectivity index (χ0) is 9.52. The Labute approximate surface area is 79.9 Å². The second kappa shape index (κ2) is 5.95. The Hall–Kier alpha value is -0.590. The predicted octanol–water partition coefficient (Wildman–Crippen LogP) is 1.43. The van der Waals surface area contributed by atoms with Gasteiger partial charge in [-0.3, -0.25) is 0 Å². The highest BCUT2D eigenvalue weighted by atomic mass is 16.5. The molecule has 74 valence electrons. The van der Waals surface area contributed by atoms with E-state index in [0.717, 1.165) is 19.4 Å². The molecule has 0 amide bonds. The van der Waals surface area contributed by atoms with Gasteiger partial charge in [0.1, 0.15) is 0 Å². The van der Waals surface area contributed by atoms with E-state index >= 15 is 0 Å². The molecule has 0 spiro atoms. The maximum Gasteiger partial charge on any atom is 0.0622 e. The number of rotatable bonds is 5. The van der Waals surface area contributed by atoms with Gasteiger partial charge in [0.25, 0.3) is 0 Å². The Morgan fingerprint density at radius 3 is 3.00 bits per heavy atom. The third kappa shape index (κ3) is 3.33. The Balaban J connectivity index is 2.10. The first-order chi connectivity index (χ1) is 6.38. The van der Waals surface area contributed by atoms with Crippen LogP contribution in [0.25, 0.3) is 0 Å². The summed E-state index contributed by atoms with van der Waals surface area (Å²) in [5, 5.41) is 8.33. The standard InChI is InChI=1S/C10H18N2O/c11-6-1-2-7-13-10-5-3-4-9(10)8-12/h9-10H,1-5,7-8,12H2. The zero-order valence-corrected chi connectivity index (χ0v) is 8.04. The first kappa shape index (κ1) is 10.5. The van der Waals surface area contributed by atoms with E-state index in [1.54, 1.807) is 0 Å². The molecular formula is C10H18N2O. The maximum atomic E-state index is 8.33. The highest BCUT2D eigenvalue weighted by molar-refractivity contribution is 4.78. The van der Waals surface area contributed by atoms with Gasteiger partial charge in [0.2, 0.25) is 0 Å². The fourth-order valence-electron chi connectivity index (χ4n) is 1.88. The van der Waals surface area contributed by atoms with E-state index in [0.29, 0.717) is 25.0 Å². The average molecular weight is 182 g/mol. The second-order valence-electron chi connectivity index (χ2n) is 3.60. The van der Waals surface area contributed by atoms with Crippen LogP contribution in [-0.2, 0) is 4.74 Å². The summed E-state index contributed by atoms with van der Waals surface area (Å²) >= 11 is 0. The first-order valence-corrected chi connectivity index (χ1v) is 5.07. The molecule has 0 aromatic heterocycles. The van der Waals surface area contributed by atoms with Crippen LogP contribution in [0.1, 0.15) is 32.1 Å². The topological polar surface area (TPSA) is 59.0 Å². The molecule has 0 radical (unpaired) electrons. The Morgan fingerprint density at radius 1 is 1.46 bits per heavy atom. The van der Waals surface area contributed by atoms with Gasteiger partial charge in [0.15, 0.2) is 0 Å². The molecule has 3 nitrogen and oxygen atoms in total. The average Bonchev–Trinajstić information content (AvgIpc) is 2.60. The van der Waals surface area contributed by atoms with Gasteiger partial charge in [-0.05, 0) is 31.7 Å². The lowest BCUT2D eigenvalue weighted by Gasteiger charge is -2.17. The lowest BCUT2D eigenvalue weighted by atomic mass is 10.1. The molecular weight excluding hydrogens is 164 g/mol. The summed E-state index contributed by atoms with van der Waals surface area (Å²) in [5.41, 5.74) is 5.62. The van der Waals surface area contributed by atoms with E-state index in [4.69, 9.17) is 15.7 Å². The molecule has 0 aromatic rings. The van der Waals surface area contributed by atoms with Crippen molar-refractivity contribution >= 4 is 0 Å². The van der Waals surface area contributed by atoms with Crippen molar-refractivity contribution in [3.63, 3.8) is 0 Å². The SMILES string of the molecule is N#CCCCOC1CCCC1CN. The van der Waals surface area contributed by atoms with Crippen molar-refractivity contribution in [2.45, 2.75) is 38.2 Å². The minimum atomic E-state index is 0.365. The number of hydrogen-bond donors (Lipinski definition) is 1. The molecule has 0 aromatic carbocycles. The highest BCUT2D eigenvalue weighted by Gasteiger charge is 2.26. The Kier molecular flexibility index (Phi) is 4.81. The molecule has 1 aliphatic rings. The third-order valence-electron chi connectivity index (χ3n) is 2.66. The quantitative estimate of drug-likeness (QED) is 0.654. The van der Waals surface area contributed by atoms with Crippen molar-refractivity contribution in [3.8, 4) is 6.07 Å². The summed E-state index contributed by atoms with van der Waals surface area (Å²) in [6.07, 6.45) is 5.41. The normalized spacial score (nSPS) is 27.4. The highest BCUT2D eigenvalue weighted by Crippen LogP contribution is 2.27.